The lowest BCUT2D eigenvalue weighted by molar-refractivity contribution is -0.137. The molecule has 0 aromatic heterocycles. The molecule has 0 aromatic carbocycles. The first-order valence-electron chi connectivity index (χ1n) is 5.86. The molecule has 1 amide bonds. The first-order chi connectivity index (χ1) is 8.76. The van der Waals surface area contributed by atoms with E-state index in [-0.39, 0.29) is 18.9 Å². The summed E-state index contributed by atoms with van der Waals surface area (Å²) in [4.78, 5) is 24.5. The van der Waals surface area contributed by atoms with Crippen LogP contribution in [0.25, 0.3) is 0 Å². The third kappa shape index (κ3) is 4.59. The number of hydrogen-bond acceptors (Lipinski definition) is 5. The van der Waals surface area contributed by atoms with Crippen molar-refractivity contribution in [3.8, 4) is 0 Å². The van der Waals surface area contributed by atoms with E-state index in [1.54, 1.807) is 6.08 Å². The number of aliphatic hydroxyl groups is 1. The molecule has 1 aliphatic heterocycles. The molecule has 7 heteroatoms. The Morgan fingerprint density at radius 2 is 2.16 bits per heavy atom. The van der Waals surface area contributed by atoms with Gasteiger partial charge in [-0.25, -0.2) is 0 Å². The molecule has 1 heterocycles. The van der Waals surface area contributed by atoms with Gasteiger partial charge in [0.2, 0.25) is 0 Å². The third-order valence-electron chi connectivity index (χ3n) is 2.58. The van der Waals surface area contributed by atoms with Crippen LogP contribution in [0.2, 0.25) is 0 Å². The molecule has 0 atom stereocenters. The molecule has 19 heavy (non-hydrogen) atoms. The SMILES string of the molecule is CC(C)(C=C1SC(=S)N(CCCC(=O)O)C1=O)CO. The number of thioether (sulfide) groups is 1. The summed E-state index contributed by atoms with van der Waals surface area (Å²) < 4.78 is 0.440. The number of carbonyl (C=O) groups is 2. The molecule has 0 radical (unpaired) electrons. The Bertz CT molecular complexity index is 431. The molecule has 1 fully saturated rings. The van der Waals surface area contributed by atoms with Crippen molar-refractivity contribution in [2.24, 2.45) is 5.41 Å². The predicted octanol–water partition coefficient (Wildman–Crippen LogP) is 1.61. The zero-order valence-corrected chi connectivity index (χ0v) is 12.5. The van der Waals surface area contributed by atoms with Crippen molar-refractivity contribution in [1.82, 2.24) is 4.90 Å². The van der Waals surface area contributed by atoms with Gasteiger partial charge in [0.15, 0.2) is 0 Å². The topological polar surface area (TPSA) is 77.8 Å². The second-order valence-electron chi connectivity index (χ2n) is 4.98. The summed E-state index contributed by atoms with van der Waals surface area (Å²) in [6.45, 7) is 3.90. The number of aliphatic hydroxyl groups excluding tert-OH is 1. The van der Waals surface area contributed by atoms with E-state index in [1.165, 1.54) is 16.7 Å². The average Bonchev–Trinajstić information content (AvgIpc) is 2.55. The van der Waals surface area contributed by atoms with Crippen LogP contribution in [0.5, 0.6) is 0 Å². The van der Waals surface area contributed by atoms with Crippen LogP contribution in [-0.4, -0.2) is 44.5 Å². The minimum atomic E-state index is -0.887. The smallest absolute Gasteiger partial charge is 0.303 e. The van der Waals surface area contributed by atoms with Gasteiger partial charge in [-0.15, -0.1) is 0 Å². The Labute approximate surface area is 121 Å². The highest BCUT2D eigenvalue weighted by atomic mass is 32.2. The molecule has 1 rings (SSSR count). The van der Waals surface area contributed by atoms with Gasteiger partial charge in [-0.2, -0.15) is 0 Å². The normalized spacial score (nSPS) is 18.5. The summed E-state index contributed by atoms with van der Waals surface area (Å²) in [7, 11) is 0. The van der Waals surface area contributed by atoms with Gasteiger partial charge >= 0.3 is 5.97 Å². The fraction of sp³-hybridized carbons (Fsp3) is 0.583. The Morgan fingerprint density at radius 3 is 2.68 bits per heavy atom. The number of carboxylic acid groups (broad SMARTS) is 1. The van der Waals surface area contributed by atoms with Gasteiger partial charge < -0.3 is 10.2 Å². The summed E-state index contributed by atoms with van der Waals surface area (Å²) in [6.07, 6.45) is 2.10. The van der Waals surface area contributed by atoms with E-state index in [0.29, 0.717) is 22.2 Å². The minimum absolute atomic E-state index is 0.0121. The van der Waals surface area contributed by atoms with Gasteiger partial charge in [-0.05, 0) is 6.42 Å². The van der Waals surface area contributed by atoms with Crippen molar-refractivity contribution in [3.05, 3.63) is 11.0 Å². The molecule has 2 N–H and O–H groups in total. The van der Waals surface area contributed by atoms with Crippen LogP contribution in [0.15, 0.2) is 11.0 Å². The van der Waals surface area contributed by atoms with Crippen molar-refractivity contribution in [2.75, 3.05) is 13.2 Å². The Kier molecular flexibility index (Phi) is 5.51. The molecule has 5 nitrogen and oxygen atoms in total. The maximum Gasteiger partial charge on any atom is 0.303 e. The maximum atomic E-state index is 12.1. The van der Waals surface area contributed by atoms with Gasteiger partial charge in [-0.1, -0.05) is 43.9 Å². The number of amides is 1. The lowest BCUT2D eigenvalue weighted by atomic mass is 9.94. The number of carbonyl (C=O) groups excluding carboxylic acids is 1. The maximum absolute atomic E-state index is 12.1. The fourth-order valence-corrected chi connectivity index (χ4v) is 2.97. The van der Waals surface area contributed by atoms with Gasteiger partial charge in [-0.3, -0.25) is 14.5 Å². The standard InChI is InChI=1S/C12H17NO4S2/c1-12(2,7-14)6-8-10(17)13(11(18)19-8)5-3-4-9(15)16/h6,14H,3-5,7H2,1-2H3,(H,15,16). The van der Waals surface area contributed by atoms with E-state index in [0.717, 1.165) is 0 Å². The quantitative estimate of drug-likeness (QED) is 0.573. The highest BCUT2D eigenvalue weighted by Crippen LogP contribution is 2.34. The molecular weight excluding hydrogens is 286 g/mol. The third-order valence-corrected chi connectivity index (χ3v) is 3.95. The van der Waals surface area contributed by atoms with Crippen LogP contribution in [0.4, 0.5) is 0 Å². The summed E-state index contributed by atoms with van der Waals surface area (Å²) in [6, 6.07) is 0. The number of hydrogen-bond donors (Lipinski definition) is 2. The van der Waals surface area contributed by atoms with Crippen LogP contribution in [0, 0.1) is 5.41 Å². The minimum Gasteiger partial charge on any atom is -0.481 e. The van der Waals surface area contributed by atoms with Gasteiger partial charge in [0, 0.05) is 18.4 Å². The molecule has 106 valence electrons. The van der Waals surface area contributed by atoms with Crippen LogP contribution in [0.1, 0.15) is 26.7 Å². The Balaban J connectivity index is 2.71. The summed E-state index contributed by atoms with van der Waals surface area (Å²) in [5.41, 5.74) is -0.481. The Morgan fingerprint density at radius 1 is 1.53 bits per heavy atom. The van der Waals surface area contributed by atoms with Crippen molar-refractivity contribution >= 4 is 40.2 Å². The summed E-state index contributed by atoms with van der Waals surface area (Å²) in [5.74, 6) is -1.09. The molecule has 0 aliphatic carbocycles. The van der Waals surface area contributed by atoms with Crippen molar-refractivity contribution in [2.45, 2.75) is 26.7 Å². The van der Waals surface area contributed by atoms with Gasteiger partial charge in [0.25, 0.3) is 5.91 Å². The number of rotatable bonds is 6. The summed E-state index contributed by atoms with van der Waals surface area (Å²) >= 11 is 6.31. The van der Waals surface area contributed by atoms with E-state index in [1.807, 2.05) is 13.8 Å². The van der Waals surface area contributed by atoms with E-state index in [4.69, 9.17) is 17.3 Å². The van der Waals surface area contributed by atoms with Gasteiger partial charge in [0.05, 0.1) is 11.5 Å². The average molecular weight is 303 g/mol. The fourth-order valence-electron chi connectivity index (χ4n) is 1.48. The van der Waals surface area contributed by atoms with E-state index in [2.05, 4.69) is 0 Å². The molecule has 0 spiro atoms. The zero-order valence-electron chi connectivity index (χ0n) is 10.9. The first-order valence-corrected chi connectivity index (χ1v) is 7.08. The largest absolute Gasteiger partial charge is 0.481 e. The lowest BCUT2D eigenvalue weighted by Crippen LogP contribution is -2.29. The molecule has 1 aliphatic rings. The highest BCUT2D eigenvalue weighted by molar-refractivity contribution is 8.26. The monoisotopic (exact) mass is 303 g/mol. The van der Waals surface area contributed by atoms with Crippen LogP contribution >= 0.6 is 24.0 Å². The zero-order chi connectivity index (χ0) is 14.6. The molecular formula is C12H17NO4S2. The number of nitrogens with zero attached hydrogens (tertiary/aromatic N) is 1. The number of carboxylic acids is 1. The van der Waals surface area contributed by atoms with E-state index < -0.39 is 11.4 Å². The first kappa shape index (κ1) is 16.1. The molecule has 0 saturated carbocycles. The van der Waals surface area contributed by atoms with Crippen LogP contribution in [0.3, 0.4) is 0 Å². The predicted molar refractivity (Wildman–Crippen MR) is 77.7 cm³/mol. The van der Waals surface area contributed by atoms with Crippen molar-refractivity contribution < 1.29 is 19.8 Å². The highest BCUT2D eigenvalue weighted by Gasteiger charge is 2.33. The van der Waals surface area contributed by atoms with Crippen LogP contribution < -0.4 is 0 Å². The van der Waals surface area contributed by atoms with Crippen molar-refractivity contribution in [3.63, 3.8) is 0 Å². The number of thiocarbonyl (C=S) groups is 1. The molecule has 0 aromatic rings. The Hall–Kier alpha value is -0.920. The van der Waals surface area contributed by atoms with Crippen LogP contribution in [-0.2, 0) is 9.59 Å². The lowest BCUT2D eigenvalue weighted by Gasteiger charge is -2.17. The number of aliphatic carboxylic acids is 1. The molecule has 0 bridgehead atoms. The van der Waals surface area contributed by atoms with Crippen molar-refractivity contribution in [1.29, 1.82) is 0 Å². The van der Waals surface area contributed by atoms with E-state index in [9.17, 15) is 14.7 Å². The second-order valence-corrected chi connectivity index (χ2v) is 6.65. The van der Waals surface area contributed by atoms with Gasteiger partial charge in [0.1, 0.15) is 4.32 Å². The summed E-state index contributed by atoms with van der Waals surface area (Å²) in [5, 5.41) is 17.8. The molecule has 0 unspecified atom stereocenters. The van der Waals surface area contributed by atoms with E-state index >= 15 is 0 Å². The molecule has 1 saturated heterocycles. The second kappa shape index (κ2) is 6.49.